The lowest BCUT2D eigenvalue weighted by molar-refractivity contribution is 0.101. The topological polar surface area (TPSA) is 56.1 Å². The minimum Gasteiger partial charge on any atom is -0.494 e. The second kappa shape index (κ2) is 6.43. The van der Waals surface area contributed by atoms with Gasteiger partial charge in [0.1, 0.15) is 11.4 Å². The van der Waals surface area contributed by atoms with Gasteiger partial charge in [-0.1, -0.05) is 0 Å². The van der Waals surface area contributed by atoms with Gasteiger partial charge in [0, 0.05) is 24.5 Å². The number of halogens is 1. The zero-order valence-electron chi connectivity index (χ0n) is 11.4. The second-order valence-corrected chi connectivity index (χ2v) is 4.45. The summed E-state index contributed by atoms with van der Waals surface area (Å²) in [7, 11) is 1.72. The van der Waals surface area contributed by atoms with Crippen LogP contribution in [-0.4, -0.2) is 22.3 Å². The van der Waals surface area contributed by atoms with Gasteiger partial charge in [0.2, 0.25) is 0 Å². The van der Waals surface area contributed by atoms with Crippen molar-refractivity contribution in [2.24, 2.45) is 7.05 Å². The van der Waals surface area contributed by atoms with Gasteiger partial charge in [-0.3, -0.25) is 9.48 Å². The molecule has 1 aromatic heterocycles. The Kier molecular flexibility index (Phi) is 4.63. The molecule has 0 aliphatic rings. The van der Waals surface area contributed by atoms with E-state index in [0.717, 1.165) is 11.3 Å². The highest BCUT2D eigenvalue weighted by Crippen LogP contribution is 2.24. The maximum Gasteiger partial charge on any atom is 0.273 e. The quantitative estimate of drug-likeness (QED) is 0.863. The number of carbonyl (C=O) groups is 1. The summed E-state index contributed by atoms with van der Waals surface area (Å²) in [6, 6.07) is 7.06. The number of aromatic nitrogens is 2. The van der Waals surface area contributed by atoms with Crippen LogP contribution in [0.1, 0.15) is 23.0 Å². The smallest absolute Gasteiger partial charge is 0.273 e. The molecule has 1 aromatic carbocycles. The molecule has 2 aromatic rings. The van der Waals surface area contributed by atoms with E-state index in [1.54, 1.807) is 31.4 Å². The van der Waals surface area contributed by atoms with Crippen LogP contribution in [0.4, 0.5) is 5.69 Å². The minimum atomic E-state index is -0.213. The molecule has 5 nitrogen and oxygen atoms in total. The van der Waals surface area contributed by atoms with Crippen molar-refractivity contribution < 1.29 is 9.53 Å². The number of nitrogens with one attached hydrogen (secondary N) is 1. The molecule has 106 valence electrons. The van der Waals surface area contributed by atoms with Crippen molar-refractivity contribution in [3.8, 4) is 5.75 Å². The van der Waals surface area contributed by atoms with Crippen LogP contribution in [0.25, 0.3) is 0 Å². The molecular weight excluding hydrogens is 278 g/mol. The molecule has 0 aliphatic heterocycles. The molecule has 0 radical (unpaired) electrons. The third-order valence-electron chi connectivity index (χ3n) is 2.82. The van der Waals surface area contributed by atoms with Crippen LogP contribution in [0, 0.1) is 0 Å². The number of alkyl halides is 1. The van der Waals surface area contributed by atoms with Crippen molar-refractivity contribution in [2.75, 3.05) is 11.9 Å². The number of carbonyl (C=O) groups excluding carboxylic acids is 1. The van der Waals surface area contributed by atoms with Crippen LogP contribution in [0.5, 0.6) is 5.75 Å². The molecule has 0 spiro atoms. The largest absolute Gasteiger partial charge is 0.494 e. The van der Waals surface area contributed by atoms with E-state index in [-0.39, 0.29) is 5.91 Å². The predicted molar refractivity (Wildman–Crippen MR) is 78.3 cm³/mol. The fraction of sp³-hybridized carbons (Fsp3) is 0.286. The number of rotatable bonds is 5. The molecule has 0 bridgehead atoms. The summed E-state index contributed by atoms with van der Waals surface area (Å²) < 4.78 is 6.99. The van der Waals surface area contributed by atoms with E-state index >= 15 is 0 Å². The van der Waals surface area contributed by atoms with E-state index in [1.807, 2.05) is 13.0 Å². The lowest BCUT2D eigenvalue weighted by atomic mass is 10.2. The standard InChI is InChI=1S/C14H16ClN3O2/c1-3-20-13-5-4-11(8-10(13)9-15)17-14(19)12-6-7-16-18(12)2/h4-8H,3,9H2,1-2H3,(H,17,19). The third-order valence-corrected chi connectivity index (χ3v) is 3.10. The maximum absolute atomic E-state index is 12.1. The summed E-state index contributed by atoms with van der Waals surface area (Å²) in [6.07, 6.45) is 1.58. The minimum absolute atomic E-state index is 0.213. The zero-order chi connectivity index (χ0) is 14.5. The highest BCUT2D eigenvalue weighted by Gasteiger charge is 2.11. The molecule has 2 rings (SSSR count). The predicted octanol–water partition coefficient (Wildman–Crippen LogP) is 2.81. The zero-order valence-corrected chi connectivity index (χ0v) is 12.1. The van der Waals surface area contributed by atoms with Gasteiger partial charge < -0.3 is 10.1 Å². The molecule has 0 unspecified atom stereocenters. The normalized spacial score (nSPS) is 10.3. The molecule has 1 amide bonds. The van der Waals surface area contributed by atoms with Crippen molar-refractivity contribution in [1.82, 2.24) is 9.78 Å². The highest BCUT2D eigenvalue weighted by atomic mass is 35.5. The van der Waals surface area contributed by atoms with Crippen molar-refractivity contribution in [2.45, 2.75) is 12.8 Å². The van der Waals surface area contributed by atoms with Crippen LogP contribution in [0.15, 0.2) is 30.5 Å². The van der Waals surface area contributed by atoms with Gasteiger partial charge in [-0.15, -0.1) is 11.6 Å². The van der Waals surface area contributed by atoms with Crippen molar-refractivity contribution in [3.63, 3.8) is 0 Å². The Morgan fingerprint density at radius 1 is 1.45 bits per heavy atom. The molecular formula is C14H16ClN3O2. The molecule has 20 heavy (non-hydrogen) atoms. The Hall–Kier alpha value is -2.01. The Morgan fingerprint density at radius 3 is 2.85 bits per heavy atom. The Morgan fingerprint density at radius 2 is 2.25 bits per heavy atom. The number of anilines is 1. The lowest BCUT2D eigenvalue weighted by Crippen LogP contribution is -2.16. The van der Waals surface area contributed by atoms with Gasteiger partial charge in [0.25, 0.3) is 5.91 Å². The summed E-state index contributed by atoms with van der Waals surface area (Å²) in [5.74, 6) is 0.848. The van der Waals surface area contributed by atoms with E-state index in [9.17, 15) is 4.79 Å². The first-order valence-corrected chi connectivity index (χ1v) is 6.80. The number of hydrogen-bond donors (Lipinski definition) is 1. The van der Waals surface area contributed by atoms with E-state index in [2.05, 4.69) is 10.4 Å². The SMILES string of the molecule is CCOc1ccc(NC(=O)c2ccnn2C)cc1CCl. The molecule has 0 saturated heterocycles. The van der Waals surface area contributed by atoms with Crippen LogP contribution >= 0.6 is 11.6 Å². The van der Waals surface area contributed by atoms with E-state index in [4.69, 9.17) is 16.3 Å². The second-order valence-electron chi connectivity index (χ2n) is 4.18. The monoisotopic (exact) mass is 293 g/mol. The van der Waals surface area contributed by atoms with Gasteiger partial charge in [0.05, 0.1) is 12.5 Å². The third kappa shape index (κ3) is 3.11. The highest BCUT2D eigenvalue weighted by molar-refractivity contribution is 6.17. The lowest BCUT2D eigenvalue weighted by Gasteiger charge is -2.11. The van der Waals surface area contributed by atoms with E-state index in [1.165, 1.54) is 4.68 Å². The van der Waals surface area contributed by atoms with Gasteiger partial charge in [-0.25, -0.2) is 0 Å². The van der Waals surface area contributed by atoms with Gasteiger partial charge in [0.15, 0.2) is 0 Å². The summed E-state index contributed by atoms with van der Waals surface area (Å²) in [5.41, 5.74) is 2.01. The summed E-state index contributed by atoms with van der Waals surface area (Å²) in [4.78, 5) is 12.1. The molecule has 0 fully saturated rings. The first-order chi connectivity index (χ1) is 9.65. The summed E-state index contributed by atoms with van der Waals surface area (Å²) in [5, 5.41) is 6.78. The van der Waals surface area contributed by atoms with Crippen LogP contribution in [0.2, 0.25) is 0 Å². The molecule has 0 aliphatic carbocycles. The average Bonchev–Trinajstić information content (AvgIpc) is 2.87. The Bertz CT molecular complexity index is 610. The molecule has 1 N–H and O–H groups in total. The fourth-order valence-electron chi connectivity index (χ4n) is 1.85. The van der Waals surface area contributed by atoms with Gasteiger partial charge in [-0.2, -0.15) is 5.10 Å². The first-order valence-electron chi connectivity index (χ1n) is 6.26. The molecule has 0 atom stereocenters. The average molecular weight is 294 g/mol. The fourth-order valence-corrected chi connectivity index (χ4v) is 2.06. The maximum atomic E-state index is 12.1. The number of ether oxygens (including phenoxy) is 1. The van der Waals surface area contributed by atoms with Crippen LogP contribution in [-0.2, 0) is 12.9 Å². The first kappa shape index (κ1) is 14.4. The van der Waals surface area contributed by atoms with Crippen molar-refractivity contribution in [1.29, 1.82) is 0 Å². The van der Waals surface area contributed by atoms with Crippen LogP contribution < -0.4 is 10.1 Å². The van der Waals surface area contributed by atoms with Crippen molar-refractivity contribution >= 4 is 23.2 Å². The molecule has 0 saturated carbocycles. The number of nitrogens with zero attached hydrogens (tertiary/aromatic N) is 2. The Labute approximate surface area is 122 Å². The van der Waals surface area contributed by atoms with Gasteiger partial charge >= 0.3 is 0 Å². The summed E-state index contributed by atoms with van der Waals surface area (Å²) >= 11 is 5.89. The number of hydrogen-bond acceptors (Lipinski definition) is 3. The van der Waals surface area contributed by atoms with Crippen molar-refractivity contribution in [3.05, 3.63) is 41.7 Å². The summed E-state index contributed by atoms with van der Waals surface area (Å²) in [6.45, 7) is 2.49. The van der Waals surface area contributed by atoms with E-state index < -0.39 is 0 Å². The Balaban J connectivity index is 2.18. The number of benzene rings is 1. The number of amides is 1. The molecule has 1 heterocycles. The van der Waals surface area contributed by atoms with Gasteiger partial charge in [-0.05, 0) is 31.2 Å². The van der Waals surface area contributed by atoms with E-state index in [0.29, 0.717) is 23.9 Å². The number of aryl methyl sites for hydroxylation is 1. The van der Waals surface area contributed by atoms with Crippen LogP contribution in [0.3, 0.4) is 0 Å². The molecule has 6 heteroatoms.